The SMILES string of the molecule is COc1ccc(/C=N/N(CCOC(=O)c2ccc(C(C)(C)C)cc2)C2=NS(=O)(=O)c3ccccc32)cc1. The van der Waals surface area contributed by atoms with Gasteiger partial charge < -0.3 is 9.47 Å². The predicted octanol–water partition coefficient (Wildman–Crippen LogP) is 4.63. The number of carbonyl (C=O) groups is 1. The molecule has 0 atom stereocenters. The topological polar surface area (TPSA) is 97.6 Å². The van der Waals surface area contributed by atoms with E-state index in [0.29, 0.717) is 16.9 Å². The lowest BCUT2D eigenvalue weighted by molar-refractivity contribution is 0.0487. The van der Waals surface area contributed by atoms with Crippen molar-refractivity contribution in [1.29, 1.82) is 0 Å². The van der Waals surface area contributed by atoms with E-state index in [0.717, 1.165) is 11.1 Å². The molecule has 0 unspecified atom stereocenters. The van der Waals surface area contributed by atoms with Crippen LogP contribution in [0.25, 0.3) is 0 Å². The first-order valence-corrected chi connectivity index (χ1v) is 13.2. The summed E-state index contributed by atoms with van der Waals surface area (Å²) in [6.07, 6.45) is 1.59. The molecule has 0 radical (unpaired) electrons. The Morgan fingerprint density at radius 1 is 1.00 bits per heavy atom. The van der Waals surface area contributed by atoms with E-state index < -0.39 is 16.0 Å². The number of ether oxygens (including phenoxy) is 2. The van der Waals surface area contributed by atoms with Gasteiger partial charge in [-0.15, -0.1) is 4.40 Å². The zero-order chi connectivity index (χ0) is 26.6. The minimum atomic E-state index is -3.84. The Kier molecular flexibility index (Phi) is 7.45. The fraction of sp³-hybridized carbons (Fsp3) is 0.250. The molecule has 0 aromatic heterocycles. The summed E-state index contributed by atoms with van der Waals surface area (Å²) in [5.74, 6) is 0.406. The van der Waals surface area contributed by atoms with Crippen LogP contribution in [0.2, 0.25) is 0 Å². The summed E-state index contributed by atoms with van der Waals surface area (Å²) in [6, 6.07) is 21.1. The third-order valence-electron chi connectivity index (χ3n) is 5.84. The Bertz CT molecular complexity index is 1440. The Morgan fingerprint density at radius 2 is 1.68 bits per heavy atom. The largest absolute Gasteiger partial charge is 0.497 e. The van der Waals surface area contributed by atoms with Crippen LogP contribution in [0.4, 0.5) is 0 Å². The van der Waals surface area contributed by atoms with E-state index in [1.54, 1.807) is 55.8 Å². The van der Waals surface area contributed by atoms with Crippen LogP contribution in [-0.4, -0.2) is 51.7 Å². The van der Waals surface area contributed by atoms with Crippen LogP contribution < -0.4 is 4.74 Å². The lowest BCUT2D eigenvalue weighted by Crippen LogP contribution is -2.30. The molecule has 0 saturated carbocycles. The molecule has 1 heterocycles. The van der Waals surface area contributed by atoms with Crippen molar-refractivity contribution in [2.75, 3.05) is 20.3 Å². The molecule has 0 fully saturated rings. The van der Waals surface area contributed by atoms with Crippen molar-refractivity contribution in [3.05, 3.63) is 95.1 Å². The molecule has 0 bridgehead atoms. The molecule has 9 heteroatoms. The minimum Gasteiger partial charge on any atom is -0.497 e. The van der Waals surface area contributed by atoms with Crippen LogP contribution in [0.1, 0.15) is 47.8 Å². The summed E-state index contributed by atoms with van der Waals surface area (Å²) in [5, 5.41) is 5.92. The summed E-state index contributed by atoms with van der Waals surface area (Å²) in [5.41, 5.74) is 2.74. The number of amidine groups is 1. The summed E-state index contributed by atoms with van der Waals surface area (Å²) in [4.78, 5) is 12.7. The highest BCUT2D eigenvalue weighted by molar-refractivity contribution is 7.90. The molecule has 3 aromatic rings. The van der Waals surface area contributed by atoms with Crippen LogP contribution in [0, 0.1) is 0 Å². The number of hydrogen-bond acceptors (Lipinski definition) is 7. The fourth-order valence-corrected chi connectivity index (χ4v) is 4.94. The van der Waals surface area contributed by atoms with Crippen molar-refractivity contribution in [2.45, 2.75) is 31.1 Å². The third-order valence-corrected chi connectivity index (χ3v) is 7.17. The maximum absolute atomic E-state index is 12.6. The molecule has 0 N–H and O–H groups in total. The Hall–Kier alpha value is -3.98. The Balaban J connectivity index is 1.53. The summed E-state index contributed by atoms with van der Waals surface area (Å²) < 4.78 is 39.9. The second-order valence-electron chi connectivity index (χ2n) is 9.49. The average Bonchev–Trinajstić information content (AvgIpc) is 3.16. The number of nitrogens with zero attached hydrogens (tertiary/aromatic N) is 3. The van der Waals surface area contributed by atoms with Crippen molar-refractivity contribution in [1.82, 2.24) is 5.01 Å². The Labute approximate surface area is 217 Å². The highest BCUT2D eigenvalue weighted by Crippen LogP contribution is 2.28. The number of carbonyl (C=O) groups excluding carboxylic acids is 1. The lowest BCUT2D eigenvalue weighted by Gasteiger charge is -2.20. The molecule has 0 saturated heterocycles. The van der Waals surface area contributed by atoms with Crippen molar-refractivity contribution in [3.8, 4) is 5.75 Å². The van der Waals surface area contributed by atoms with Crippen LogP contribution in [0.15, 0.2) is 87.2 Å². The smallest absolute Gasteiger partial charge is 0.338 e. The van der Waals surface area contributed by atoms with E-state index in [4.69, 9.17) is 9.47 Å². The maximum atomic E-state index is 12.6. The van der Waals surface area contributed by atoms with Crippen molar-refractivity contribution < 1.29 is 22.7 Å². The fourth-order valence-electron chi connectivity index (χ4n) is 3.73. The van der Waals surface area contributed by atoms with Gasteiger partial charge in [-0.2, -0.15) is 13.5 Å². The van der Waals surface area contributed by atoms with Crippen LogP contribution in [-0.2, 0) is 20.2 Å². The van der Waals surface area contributed by atoms with Gasteiger partial charge in [-0.05, 0) is 65.1 Å². The molecule has 4 rings (SSSR count). The number of esters is 1. The molecule has 1 aliphatic rings. The molecule has 0 spiro atoms. The zero-order valence-corrected chi connectivity index (χ0v) is 22.0. The van der Waals surface area contributed by atoms with Crippen LogP contribution >= 0.6 is 0 Å². The molecule has 3 aromatic carbocycles. The van der Waals surface area contributed by atoms with Gasteiger partial charge in [-0.1, -0.05) is 45.0 Å². The summed E-state index contributed by atoms with van der Waals surface area (Å²) in [7, 11) is -2.26. The second kappa shape index (κ2) is 10.6. The lowest BCUT2D eigenvalue weighted by atomic mass is 9.87. The van der Waals surface area contributed by atoms with Gasteiger partial charge in [-0.3, -0.25) is 0 Å². The molecule has 1 aliphatic heterocycles. The van der Waals surface area contributed by atoms with Gasteiger partial charge in [0.05, 0.1) is 25.4 Å². The number of sulfonamides is 1. The maximum Gasteiger partial charge on any atom is 0.338 e. The molecule has 0 aliphatic carbocycles. The van der Waals surface area contributed by atoms with Crippen molar-refractivity contribution >= 4 is 28.0 Å². The number of fused-ring (bicyclic) bond motifs is 1. The molecular formula is C28H29N3O5S. The van der Waals surface area contributed by atoms with E-state index in [2.05, 4.69) is 30.3 Å². The first-order chi connectivity index (χ1) is 17.6. The number of hydrazone groups is 1. The predicted molar refractivity (Wildman–Crippen MR) is 143 cm³/mol. The summed E-state index contributed by atoms with van der Waals surface area (Å²) in [6.45, 7) is 6.38. The van der Waals surface area contributed by atoms with E-state index in [1.165, 1.54) is 11.1 Å². The highest BCUT2D eigenvalue weighted by Gasteiger charge is 2.31. The van der Waals surface area contributed by atoms with Gasteiger partial charge in [0.25, 0.3) is 10.0 Å². The Morgan fingerprint density at radius 3 is 2.32 bits per heavy atom. The molecular weight excluding hydrogens is 490 g/mol. The quantitative estimate of drug-likeness (QED) is 0.256. The monoisotopic (exact) mass is 519 g/mol. The minimum absolute atomic E-state index is 0.0243. The van der Waals surface area contributed by atoms with Gasteiger partial charge in [-0.25, -0.2) is 9.80 Å². The molecule has 8 nitrogen and oxygen atoms in total. The summed E-state index contributed by atoms with van der Waals surface area (Å²) >= 11 is 0. The van der Waals surface area contributed by atoms with Gasteiger partial charge >= 0.3 is 5.97 Å². The molecule has 192 valence electrons. The normalized spacial score (nSPS) is 14.2. The number of rotatable bonds is 7. The standard InChI is InChI=1S/C28H29N3O5S/c1-28(2,3)22-13-11-21(12-14-22)27(32)36-18-17-31(29-19-20-9-15-23(35-4)16-10-20)26-24-7-5-6-8-25(24)37(33,34)30-26/h5-16,19H,17-18H2,1-4H3/b29-19+. The van der Waals surface area contributed by atoms with E-state index in [1.807, 2.05) is 24.3 Å². The average molecular weight is 520 g/mol. The van der Waals surface area contributed by atoms with Crippen LogP contribution in [0.5, 0.6) is 5.75 Å². The van der Waals surface area contributed by atoms with Crippen LogP contribution in [0.3, 0.4) is 0 Å². The van der Waals surface area contributed by atoms with Crippen molar-refractivity contribution in [3.63, 3.8) is 0 Å². The zero-order valence-electron chi connectivity index (χ0n) is 21.2. The van der Waals surface area contributed by atoms with E-state index in [-0.39, 0.29) is 29.3 Å². The van der Waals surface area contributed by atoms with Crippen molar-refractivity contribution in [2.24, 2.45) is 9.50 Å². The van der Waals surface area contributed by atoms with E-state index >= 15 is 0 Å². The van der Waals surface area contributed by atoms with Gasteiger partial charge in [0, 0.05) is 5.56 Å². The third kappa shape index (κ3) is 6.06. The number of benzene rings is 3. The second-order valence-corrected chi connectivity index (χ2v) is 11.1. The van der Waals surface area contributed by atoms with Gasteiger partial charge in [0.2, 0.25) is 0 Å². The molecule has 0 amide bonds. The van der Waals surface area contributed by atoms with Gasteiger partial charge in [0.15, 0.2) is 5.84 Å². The first kappa shape index (κ1) is 26.1. The number of methoxy groups -OCH3 is 1. The van der Waals surface area contributed by atoms with Gasteiger partial charge in [0.1, 0.15) is 17.3 Å². The molecule has 37 heavy (non-hydrogen) atoms. The number of hydrogen-bond donors (Lipinski definition) is 0. The van der Waals surface area contributed by atoms with E-state index in [9.17, 15) is 13.2 Å². The highest BCUT2D eigenvalue weighted by atomic mass is 32.2. The first-order valence-electron chi connectivity index (χ1n) is 11.8.